The van der Waals surface area contributed by atoms with Gasteiger partial charge in [-0.25, -0.2) is 0 Å². The number of Topliss-reactive ketones (excluding diaryl/α,β-unsaturated/α-hetero) is 1. The first-order chi connectivity index (χ1) is 18.6. The van der Waals surface area contributed by atoms with E-state index in [1.807, 2.05) is 19.2 Å². The van der Waals surface area contributed by atoms with Crippen molar-refractivity contribution in [2.24, 2.45) is 5.92 Å². The third kappa shape index (κ3) is 7.06. The molecule has 4 rings (SSSR count). The van der Waals surface area contributed by atoms with Crippen LogP contribution in [-0.2, 0) is 20.7 Å². The molecule has 0 spiro atoms. The lowest BCUT2D eigenvalue weighted by atomic mass is 9.70. The fourth-order valence-electron chi connectivity index (χ4n) is 6.78. The van der Waals surface area contributed by atoms with Crippen LogP contribution in [0.2, 0.25) is 18.1 Å². The van der Waals surface area contributed by atoms with E-state index in [9.17, 15) is 9.59 Å². The molecule has 0 aromatic heterocycles. The number of allylic oxidation sites excluding steroid dienone is 2. The number of carbonyl (C=O) groups is 1. The van der Waals surface area contributed by atoms with Crippen LogP contribution in [-0.4, -0.2) is 45.0 Å². The fourth-order valence-corrected chi connectivity index (χ4v) is 7.48. The maximum absolute atomic E-state index is 13.6. The lowest BCUT2D eigenvalue weighted by molar-refractivity contribution is -0.190. The Kier molecular flexibility index (Phi) is 10.2. The number of unbranched alkanes of at least 4 members (excludes halogenated alkanes) is 2. The van der Waals surface area contributed by atoms with E-state index in [0.29, 0.717) is 12.2 Å². The number of ether oxygens (including phenoxy) is 3. The van der Waals surface area contributed by atoms with Gasteiger partial charge in [0.1, 0.15) is 5.75 Å². The summed E-state index contributed by atoms with van der Waals surface area (Å²) in [7, 11) is -0.708. The summed E-state index contributed by atoms with van der Waals surface area (Å²) in [5.41, 5.74) is 4.91. The predicted octanol–water partition coefficient (Wildman–Crippen LogP) is 7.86. The van der Waals surface area contributed by atoms with Crippen molar-refractivity contribution < 1.29 is 23.8 Å². The summed E-state index contributed by atoms with van der Waals surface area (Å²) in [6, 6.07) is 6.35. The number of methoxy groups -OCH3 is 1. The number of benzene rings is 1. The van der Waals surface area contributed by atoms with Crippen LogP contribution in [0.1, 0.15) is 108 Å². The normalized spacial score (nSPS) is 24.5. The van der Waals surface area contributed by atoms with Gasteiger partial charge in [0.25, 0.3) is 0 Å². The molecule has 1 saturated heterocycles. The second-order valence-corrected chi connectivity index (χ2v) is 17.8. The number of hydrogen-bond acceptors (Lipinski definition) is 5. The van der Waals surface area contributed by atoms with Crippen LogP contribution in [0.25, 0.3) is 0 Å². The third-order valence-corrected chi connectivity index (χ3v) is 13.4. The van der Waals surface area contributed by atoms with E-state index in [0.717, 1.165) is 75.7 Å². The topological polar surface area (TPSA) is 65.0 Å². The van der Waals surface area contributed by atoms with Gasteiger partial charge in [-0.2, -0.15) is 0 Å². The summed E-state index contributed by atoms with van der Waals surface area (Å²) in [5, 5.41) is -0.201. The summed E-state index contributed by atoms with van der Waals surface area (Å²) in [6.07, 6.45) is 11.7. The van der Waals surface area contributed by atoms with Crippen LogP contribution in [0.15, 0.2) is 29.3 Å². The van der Waals surface area contributed by atoms with Crippen LogP contribution >= 0.6 is 0 Å². The zero-order chi connectivity index (χ0) is 28.2. The summed E-state index contributed by atoms with van der Waals surface area (Å²) >= 11 is 0. The smallest absolute Gasteiger partial charge is 0.188 e. The molecule has 1 aliphatic heterocycles. The molecule has 0 bridgehead atoms. The minimum atomic E-state index is -2.45. The largest absolute Gasteiger partial charge is 0.496 e. The van der Waals surface area contributed by atoms with Crippen molar-refractivity contribution >= 4 is 14.1 Å². The van der Waals surface area contributed by atoms with Crippen LogP contribution in [0.4, 0.5) is 0 Å². The Hall–Kier alpha value is -1.47. The van der Waals surface area contributed by atoms with Gasteiger partial charge in [0, 0.05) is 18.9 Å². The first-order valence-corrected chi connectivity index (χ1v) is 18.4. The van der Waals surface area contributed by atoms with Gasteiger partial charge in [-0.05, 0) is 98.2 Å². The first-order valence-electron chi connectivity index (χ1n) is 15.5. The molecule has 218 valence electrons. The first kappa shape index (κ1) is 30.5. The van der Waals surface area contributed by atoms with E-state index < -0.39 is 8.32 Å². The van der Waals surface area contributed by atoms with Crippen LogP contribution in [0.5, 0.6) is 5.75 Å². The Morgan fingerprint density at radius 2 is 1.95 bits per heavy atom. The molecule has 1 aromatic rings. The molecule has 5 nitrogen and oxygen atoms in total. The van der Waals surface area contributed by atoms with Crippen molar-refractivity contribution in [3.8, 4) is 5.75 Å². The van der Waals surface area contributed by atoms with Crippen molar-refractivity contribution in [1.29, 1.82) is 0 Å². The minimum absolute atomic E-state index is 0.102. The molecule has 0 saturated carbocycles. The molecule has 1 unspecified atom stereocenters. The molecule has 0 amide bonds. The second kappa shape index (κ2) is 13.0. The van der Waals surface area contributed by atoms with E-state index >= 15 is 0 Å². The fraction of sp³-hybridized carbons (Fsp3) is 0.727. The van der Waals surface area contributed by atoms with Gasteiger partial charge >= 0.3 is 0 Å². The van der Waals surface area contributed by atoms with Gasteiger partial charge < -0.3 is 19.0 Å². The minimum Gasteiger partial charge on any atom is -0.496 e. The molecule has 39 heavy (non-hydrogen) atoms. The molecule has 1 aromatic carbocycles. The van der Waals surface area contributed by atoms with E-state index in [2.05, 4.69) is 32.9 Å². The van der Waals surface area contributed by atoms with Crippen molar-refractivity contribution in [3.05, 3.63) is 40.5 Å². The van der Waals surface area contributed by atoms with Crippen LogP contribution in [0, 0.1) is 5.92 Å². The maximum atomic E-state index is 13.6. The Labute approximate surface area is 237 Å². The van der Waals surface area contributed by atoms with Gasteiger partial charge in [0.15, 0.2) is 20.4 Å². The van der Waals surface area contributed by atoms with Gasteiger partial charge in [0.05, 0.1) is 13.2 Å². The van der Waals surface area contributed by atoms with Crippen molar-refractivity contribution in [2.45, 2.75) is 134 Å². The zero-order valence-corrected chi connectivity index (χ0v) is 26.3. The summed E-state index contributed by atoms with van der Waals surface area (Å²) in [5.74, 6) is 1.59. The highest BCUT2D eigenvalue weighted by Gasteiger charge is 2.47. The monoisotopic (exact) mass is 556 g/mol. The van der Waals surface area contributed by atoms with E-state index in [4.69, 9.17) is 14.2 Å². The number of carbonyl (C=O) groups excluding carboxylic acids is 1. The molecule has 4 atom stereocenters. The van der Waals surface area contributed by atoms with Gasteiger partial charge in [-0.3, -0.25) is 4.79 Å². The molecule has 1 heterocycles. The van der Waals surface area contributed by atoms with Crippen molar-refractivity contribution in [2.75, 3.05) is 13.7 Å². The number of fused-ring (bicyclic) bond motifs is 2. The van der Waals surface area contributed by atoms with Crippen molar-refractivity contribution in [3.63, 3.8) is 0 Å². The van der Waals surface area contributed by atoms with Gasteiger partial charge in [-0.1, -0.05) is 57.7 Å². The van der Waals surface area contributed by atoms with Gasteiger partial charge in [-0.15, -0.1) is 0 Å². The number of hydrogen-bond donors (Lipinski definition) is 1. The lowest BCUT2D eigenvalue weighted by Gasteiger charge is -2.42. The maximum Gasteiger partial charge on any atom is 0.188 e. The van der Waals surface area contributed by atoms with Crippen molar-refractivity contribution in [1.82, 2.24) is 0 Å². The average Bonchev–Trinajstić information content (AvgIpc) is 3.21. The average molecular weight is 557 g/mol. The third-order valence-electron chi connectivity index (χ3n) is 9.85. The number of ketones is 1. The molecule has 1 fully saturated rings. The molecular formula is C33H52O5Si. The number of rotatable bonds is 13. The Morgan fingerprint density at radius 3 is 2.62 bits per heavy atom. The highest BCUT2D eigenvalue weighted by atomic mass is 28.4. The summed E-state index contributed by atoms with van der Waals surface area (Å²) in [6.45, 7) is 11.5. The molecular weight excluding hydrogens is 504 g/mol. The quantitative estimate of drug-likeness (QED) is 0.198. The highest BCUT2D eigenvalue weighted by Crippen LogP contribution is 2.55. The Balaban J connectivity index is 1.64. The van der Waals surface area contributed by atoms with Crippen LogP contribution in [0.3, 0.4) is 0 Å². The highest BCUT2D eigenvalue weighted by molar-refractivity contribution is 6.72. The van der Waals surface area contributed by atoms with Crippen LogP contribution < -0.4 is 4.74 Å². The molecule has 6 heteroatoms. The Morgan fingerprint density at radius 1 is 1.15 bits per heavy atom. The predicted molar refractivity (Wildman–Crippen MR) is 160 cm³/mol. The van der Waals surface area contributed by atoms with E-state index in [1.165, 1.54) is 29.5 Å². The molecule has 0 radical (unpaired) electrons. The second-order valence-electron chi connectivity index (χ2n) is 13.3. The lowest BCUT2D eigenvalue weighted by Crippen LogP contribution is -2.40. The molecule has 1 N–H and O–H groups in total. The zero-order valence-electron chi connectivity index (χ0n) is 25.3. The van der Waals surface area contributed by atoms with E-state index in [1.54, 1.807) is 7.11 Å². The Bertz CT molecular complexity index is 1020. The van der Waals surface area contributed by atoms with Gasteiger partial charge in [0.2, 0.25) is 0 Å². The SMILES string of the molecule is CCCCC[C@@H](CCC1=C2[C@H](CC1=O)Cc1c(OC)cccc1[C@H]2CC(C)(C)[Si](C)(C)O)OC1CCCCO1. The molecule has 3 aliphatic rings. The summed E-state index contributed by atoms with van der Waals surface area (Å²) < 4.78 is 18.2. The van der Waals surface area contributed by atoms with E-state index in [-0.39, 0.29) is 29.3 Å². The molecule has 2 aliphatic carbocycles. The summed E-state index contributed by atoms with van der Waals surface area (Å²) in [4.78, 5) is 24.8. The standard InChI is InChI=1S/C33H52O5Si/c1-7-8-9-13-24(38-31-16-10-11-19-37-31)17-18-26-29(34)21-23-20-27-25(14-12-15-30(27)36-4)28(32(23)26)22-33(2,3)39(5,6)35/h12,14-15,23-24,28,31,35H,7-11,13,16-22H2,1-6H3/t23-,24-,28+,31?/m0/s1.